The van der Waals surface area contributed by atoms with E-state index < -0.39 is 0 Å². The molecule has 0 spiro atoms. The molecule has 3 nitrogen and oxygen atoms in total. The van der Waals surface area contributed by atoms with Crippen molar-refractivity contribution in [3.63, 3.8) is 0 Å². The summed E-state index contributed by atoms with van der Waals surface area (Å²) in [6.45, 7) is 9.76. The first kappa shape index (κ1) is 15.0. The van der Waals surface area contributed by atoms with E-state index in [1.165, 1.54) is 25.9 Å². The minimum absolute atomic E-state index is 0.0277. The third-order valence-electron chi connectivity index (χ3n) is 4.01. The van der Waals surface area contributed by atoms with E-state index in [0.29, 0.717) is 5.56 Å². The zero-order valence-electron chi connectivity index (χ0n) is 12.8. The molecule has 0 bridgehead atoms. The van der Waals surface area contributed by atoms with Crippen molar-refractivity contribution >= 4 is 5.97 Å². The SMILES string of the molecule is CC(C)(C)[C@@H](C[NH+]1CCCC1)OC(=O)c1ccccc1. The zero-order valence-corrected chi connectivity index (χ0v) is 12.8. The number of ether oxygens (including phenoxy) is 1. The summed E-state index contributed by atoms with van der Waals surface area (Å²) in [5, 5.41) is 0. The maximum atomic E-state index is 12.2. The van der Waals surface area contributed by atoms with Gasteiger partial charge in [-0.25, -0.2) is 4.79 Å². The highest BCUT2D eigenvalue weighted by molar-refractivity contribution is 5.89. The lowest BCUT2D eigenvalue weighted by Gasteiger charge is -2.31. The Labute approximate surface area is 121 Å². The summed E-state index contributed by atoms with van der Waals surface area (Å²) in [6.07, 6.45) is 2.54. The molecule has 0 aromatic heterocycles. The fourth-order valence-electron chi connectivity index (χ4n) is 2.64. The lowest BCUT2D eigenvalue weighted by Crippen LogP contribution is -3.11. The first-order valence-corrected chi connectivity index (χ1v) is 7.56. The van der Waals surface area contributed by atoms with Gasteiger partial charge in [-0.15, -0.1) is 0 Å². The van der Waals surface area contributed by atoms with Gasteiger partial charge in [-0.05, 0) is 12.1 Å². The van der Waals surface area contributed by atoms with Crippen molar-refractivity contribution in [1.29, 1.82) is 0 Å². The summed E-state index contributed by atoms with van der Waals surface area (Å²) in [6, 6.07) is 9.27. The molecule has 1 atom stereocenters. The number of hydrogen-bond donors (Lipinski definition) is 1. The average molecular weight is 276 g/mol. The average Bonchev–Trinajstić information content (AvgIpc) is 2.91. The quantitative estimate of drug-likeness (QED) is 0.852. The van der Waals surface area contributed by atoms with Crippen LogP contribution in [0.25, 0.3) is 0 Å². The van der Waals surface area contributed by atoms with Crippen LogP contribution in [0.1, 0.15) is 44.0 Å². The van der Waals surface area contributed by atoms with Crippen molar-refractivity contribution in [3.8, 4) is 0 Å². The number of carbonyl (C=O) groups is 1. The predicted molar refractivity (Wildman–Crippen MR) is 79.9 cm³/mol. The summed E-state index contributed by atoms with van der Waals surface area (Å²) < 4.78 is 5.80. The molecule has 0 saturated carbocycles. The van der Waals surface area contributed by atoms with Gasteiger partial charge in [0.15, 0.2) is 6.10 Å². The molecule has 3 heteroatoms. The lowest BCUT2D eigenvalue weighted by atomic mass is 9.88. The molecular weight excluding hydrogens is 250 g/mol. The molecule has 1 aromatic rings. The number of likely N-dealkylation sites (tertiary alicyclic amines) is 1. The molecule has 1 aliphatic rings. The summed E-state index contributed by atoms with van der Waals surface area (Å²) in [7, 11) is 0. The van der Waals surface area contributed by atoms with Crippen molar-refractivity contribution in [1.82, 2.24) is 0 Å². The van der Waals surface area contributed by atoms with E-state index in [2.05, 4.69) is 20.8 Å². The number of carbonyl (C=O) groups excluding carboxylic acids is 1. The van der Waals surface area contributed by atoms with Crippen LogP contribution in [0.5, 0.6) is 0 Å². The van der Waals surface area contributed by atoms with Crippen LogP contribution in [0.2, 0.25) is 0 Å². The Kier molecular flexibility index (Phi) is 4.81. The van der Waals surface area contributed by atoms with Crippen LogP contribution in [0, 0.1) is 5.41 Å². The van der Waals surface area contributed by atoms with Crippen LogP contribution in [-0.4, -0.2) is 31.7 Å². The molecule has 110 valence electrons. The fraction of sp³-hybridized carbons (Fsp3) is 0.588. The summed E-state index contributed by atoms with van der Waals surface area (Å²) in [5.74, 6) is -0.205. The predicted octanol–water partition coefficient (Wildman–Crippen LogP) is 1.94. The lowest BCUT2D eigenvalue weighted by molar-refractivity contribution is -0.891. The monoisotopic (exact) mass is 276 g/mol. The summed E-state index contributed by atoms with van der Waals surface area (Å²) >= 11 is 0. The highest BCUT2D eigenvalue weighted by Gasteiger charge is 2.33. The largest absolute Gasteiger partial charge is 0.452 e. The maximum Gasteiger partial charge on any atom is 0.338 e. The van der Waals surface area contributed by atoms with Gasteiger partial charge in [0, 0.05) is 18.3 Å². The van der Waals surface area contributed by atoms with Crippen LogP contribution >= 0.6 is 0 Å². The molecule has 2 rings (SSSR count). The van der Waals surface area contributed by atoms with Crippen molar-refractivity contribution in [3.05, 3.63) is 35.9 Å². The highest BCUT2D eigenvalue weighted by Crippen LogP contribution is 2.22. The Balaban J connectivity index is 2.02. The number of nitrogens with one attached hydrogen (secondary N) is 1. The first-order chi connectivity index (χ1) is 9.47. The first-order valence-electron chi connectivity index (χ1n) is 7.56. The van der Waals surface area contributed by atoms with Gasteiger partial charge in [0.2, 0.25) is 0 Å². The Morgan fingerprint density at radius 1 is 1.20 bits per heavy atom. The van der Waals surface area contributed by atoms with Crippen molar-refractivity contribution in [2.75, 3.05) is 19.6 Å². The van der Waals surface area contributed by atoms with E-state index in [4.69, 9.17) is 4.74 Å². The number of esters is 1. The smallest absolute Gasteiger partial charge is 0.338 e. The van der Waals surface area contributed by atoms with Gasteiger partial charge in [-0.2, -0.15) is 0 Å². The summed E-state index contributed by atoms with van der Waals surface area (Å²) in [4.78, 5) is 13.8. The van der Waals surface area contributed by atoms with Crippen molar-refractivity contribution < 1.29 is 14.4 Å². The Morgan fingerprint density at radius 2 is 1.80 bits per heavy atom. The van der Waals surface area contributed by atoms with Gasteiger partial charge in [0.25, 0.3) is 0 Å². The fourth-order valence-corrected chi connectivity index (χ4v) is 2.64. The van der Waals surface area contributed by atoms with Gasteiger partial charge in [0.05, 0.1) is 18.7 Å². The Bertz CT molecular complexity index is 430. The van der Waals surface area contributed by atoms with E-state index in [0.717, 1.165) is 6.54 Å². The minimum atomic E-state index is -0.205. The molecule has 1 saturated heterocycles. The Hall–Kier alpha value is -1.35. The second-order valence-electron chi connectivity index (χ2n) is 6.79. The molecule has 0 aliphatic carbocycles. The molecule has 1 aliphatic heterocycles. The molecule has 0 unspecified atom stereocenters. The van der Waals surface area contributed by atoms with Gasteiger partial charge >= 0.3 is 5.97 Å². The van der Waals surface area contributed by atoms with E-state index in [1.807, 2.05) is 30.3 Å². The number of quaternary nitrogens is 1. The normalized spacial score (nSPS) is 17.9. The third kappa shape index (κ3) is 4.07. The van der Waals surface area contributed by atoms with Crippen LogP contribution in [0.4, 0.5) is 0 Å². The second kappa shape index (κ2) is 6.40. The molecule has 20 heavy (non-hydrogen) atoms. The topological polar surface area (TPSA) is 30.7 Å². The van der Waals surface area contributed by atoms with Gasteiger partial charge in [0.1, 0.15) is 6.54 Å². The number of rotatable bonds is 4. The van der Waals surface area contributed by atoms with Crippen LogP contribution in [-0.2, 0) is 4.74 Å². The van der Waals surface area contributed by atoms with Crippen LogP contribution < -0.4 is 4.90 Å². The maximum absolute atomic E-state index is 12.2. The van der Waals surface area contributed by atoms with Gasteiger partial charge < -0.3 is 9.64 Å². The Morgan fingerprint density at radius 3 is 2.35 bits per heavy atom. The molecule has 1 N–H and O–H groups in total. The molecule has 1 fully saturated rings. The second-order valence-corrected chi connectivity index (χ2v) is 6.79. The molecule has 0 amide bonds. The van der Waals surface area contributed by atoms with E-state index in [1.54, 1.807) is 4.90 Å². The van der Waals surface area contributed by atoms with Crippen molar-refractivity contribution in [2.24, 2.45) is 5.41 Å². The van der Waals surface area contributed by atoms with Crippen LogP contribution in [0.3, 0.4) is 0 Å². The van der Waals surface area contributed by atoms with Crippen molar-refractivity contribution in [2.45, 2.75) is 39.7 Å². The molecule has 0 radical (unpaired) electrons. The zero-order chi connectivity index (χ0) is 14.6. The highest BCUT2D eigenvalue weighted by atomic mass is 16.5. The summed E-state index contributed by atoms with van der Waals surface area (Å²) in [5.41, 5.74) is 0.609. The molecule has 1 heterocycles. The molecule has 1 aromatic carbocycles. The van der Waals surface area contributed by atoms with E-state index >= 15 is 0 Å². The van der Waals surface area contributed by atoms with Gasteiger partial charge in [-0.3, -0.25) is 0 Å². The third-order valence-corrected chi connectivity index (χ3v) is 4.01. The number of benzene rings is 1. The van der Waals surface area contributed by atoms with Crippen LogP contribution in [0.15, 0.2) is 30.3 Å². The van der Waals surface area contributed by atoms with E-state index in [-0.39, 0.29) is 17.5 Å². The molecular formula is C17H26NO2+. The van der Waals surface area contributed by atoms with E-state index in [9.17, 15) is 4.79 Å². The van der Waals surface area contributed by atoms with Gasteiger partial charge in [-0.1, -0.05) is 39.0 Å². The minimum Gasteiger partial charge on any atom is -0.452 e. The number of hydrogen-bond acceptors (Lipinski definition) is 2. The standard InChI is InChI=1S/C17H25NO2/c1-17(2,3)15(13-18-11-7-8-12-18)20-16(19)14-9-5-4-6-10-14/h4-6,9-10,15H,7-8,11-13H2,1-3H3/p+1/t15-/m1/s1.